The summed E-state index contributed by atoms with van der Waals surface area (Å²) in [5.74, 6) is 0. The van der Waals surface area contributed by atoms with Gasteiger partial charge in [-0.2, -0.15) is 0 Å². The molecule has 0 heterocycles. The predicted octanol–water partition coefficient (Wildman–Crippen LogP) is -9.90. The zero-order valence-electron chi connectivity index (χ0n) is 15.0. The van der Waals surface area contributed by atoms with Crippen LogP contribution in [0.4, 0.5) is 0 Å². The Hall–Kier alpha value is 1.69. The second-order valence-electron chi connectivity index (χ2n) is 6.93. The van der Waals surface area contributed by atoms with E-state index in [1.54, 1.807) is 0 Å². The third-order valence-electron chi connectivity index (χ3n) is 4.89. The van der Waals surface area contributed by atoms with Crippen LogP contribution in [0.15, 0.2) is 0 Å². The number of hydrogen-bond donors (Lipinski definition) is 0. The minimum absolute atomic E-state index is 0.760. The van der Waals surface area contributed by atoms with Gasteiger partial charge in [0.25, 0.3) is 0 Å². The van der Waals surface area contributed by atoms with E-state index >= 15 is 0 Å². The van der Waals surface area contributed by atoms with Crippen LogP contribution in [0.3, 0.4) is 0 Å². The number of rotatable bonds is 11. The molecule has 0 saturated heterocycles. The number of hydrogen-bond acceptors (Lipinski definition) is 0. The SMILES string of the molecule is [B]B([B])B(B([B])[B])B(B(B([B])[B])B([B])[B])B(B([B])[B])B(B([B-])[B-])B([B-])[B-]. The van der Waals surface area contributed by atoms with Gasteiger partial charge in [0, 0.05) is 0 Å². The van der Waals surface area contributed by atoms with E-state index in [-0.39, 0.29) is 0 Å². The van der Waals surface area contributed by atoms with Gasteiger partial charge in [0.15, 0.2) is 0 Å². The topological polar surface area (TPSA) is 0 Å². The Kier molecular flexibility index (Phi) is 13.2. The molecule has 0 fully saturated rings. The molecule has 0 aromatic rings. The fourth-order valence-corrected chi connectivity index (χ4v) is 3.85. The van der Waals surface area contributed by atoms with E-state index < -0.39 is 76.6 Å². The van der Waals surface area contributed by atoms with E-state index in [1.165, 1.54) is 0 Å². The van der Waals surface area contributed by atoms with Crippen molar-refractivity contribution < 1.29 is 0 Å². The lowest BCUT2D eigenvalue weighted by atomic mass is 8.34. The van der Waals surface area contributed by atoms with Crippen molar-refractivity contribution in [2.24, 2.45) is 0 Å². The molecule has 0 saturated carbocycles. The highest BCUT2D eigenvalue weighted by molar-refractivity contribution is 8.25. The molecule has 26 heavy (non-hydrogen) atoms. The maximum absolute atomic E-state index is 6.02. The van der Waals surface area contributed by atoms with Crippen molar-refractivity contribution >= 4 is 185 Å². The monoisotopic (exact) mass is 286 g/mol. The molecule has 0 aliphatic carbocycles. The molecule has 32 radical (unpaired) electrons. The van der Waals surface area contributed by atoms with E-state index in [2.05, 4.69) is 0 Å². The molecule has 0 aromatic carbocycles. The first-order valence-corrected chi connectivity index (χ1v) is 8.33. The van der Waals surface area contributed by atoms with Crippen LogP contribution in [0, 0.1) is 0 Å². The molecule has 0 atom stereocenters. The molecule has 0 spiro atoms. The van der Waals surface area contributed by atoms with Crippen LogP contribution >= 0.6 is 0 Å². The lowest BCUT2D eigenvalue weighted by Crippen LogP contribution is -2.86. The Labute approximate surface area is 184 Å². The maximum Gasteiger partial charge on any atom is -0.000000000179 e. The van der Waals surface area contributed by atoms with Crippen molar-refractivity contribution in [3.63, 3.8) is 0 Å². The van der Waals surface area contributed by atoms with Crippen molar-refractivity contribution in [3.05, 3.63) is 0 Å². The first kappa shape index (κ1) is 27.7. The average molecular weight is 281 g/mol. The summed E-state index contributed by atoms with van der Waals surface area (Å²) >= 11 is 0. The summed E-state index contributed by atoms with van der Waals surface area (Å²) in [5.41, 5.74) is 0. The molecule has 82 valence electrons. The van der Waals surface area contributed by atoms with Crippen LogP contribution in [0.5, 0.6) is 0 Å². The second kappa shape index (κ2) is 12.4. The third-order valence-corrected chi connectivity index (χ3v) is 4.89. The first-order chi connectivity index (χ1) is 11.7. The van der Waals surface area contributed by atoms with E-state index in [1.807, 2.05) is 0 Å². The van der Waals surface area contributed by atoms with Gasteiger partial charge >= 0.3 is 0 Å². The van der Waals surface area contributed by atoms with Crippen molar-refractivity contribution in [1.82, 2.24) is 0 Å². The standard InChI is InChI=1S/B26/c1-15(2)22(16(3)4)25(21(13)14)26(23(17(5)6)18(7)8)24(19(9)10)20(11)12/q-4. The van der Waals surface area contributed by atoms with Crippen LogP contribution in [-0.4, -0.2) is 185 Å². The quantitative estimate of drug-likeness (QED) is 0.330. The van der Waals surface area contributed by atoms with Crippen molar-refractivity contribution in [3.8, 4) is 0 Å². The highest BCUT2D eigenvalue weighted by Gasteiger charge is 2.46. The van der Waals surface area contributed by atoms with Gasteiger partial charge in [-0.3, -0.25) is 0 Å². The molecule has 0 N–H and O–H groups in total. The second-order valence-corrected chi connectivity index (χ2v) is 6.93. The Morgan fingerprint density at radius 3 is 0.692 bits per heavy atom. The fourth-order valence-electron chi connectivity index (χ4n) is 3.85. The summed E-state index contributed by atoms with van der Waals surface area (Å²) in [7, 11) is 82.9. The minimum atomic E-state index is -1.02. The van der Waals surface area contributed by atoms with Crippen molar-refractivity contribution in [2.75, 3.05) is 0 Å². The van der Waals surface area contributed by atoms with Gasteiger partial charge in [0.1, 0.15) is 0 Å². The lowest BCUT2D eigenvalue weighted by molar-refractivity contribution is 3.28. The summed E-state index contributed by atoms with van der Waals surface area (Å²) in [5, 5.41) is 0. The predicted molar refractivity (Wildman–Crippen MR) is 150 cm³/mol. The fraction of sp³-hybridized carbons (Fsp3) is 0. The summed E-state index contributed by atoms with van der Waals surface area (Å²) in [6.45, 7) is 0. The van der Waals surface area contributed by atoms with Crippen molar-refractivity contribution in [2.45, 2.75) is 0 Å². The molecule has 0 aliphatic heterocycles. The first-order valence-electron chi connectivity index (χ1n) is 8.33. The van der Waals surface area contributed by atoms with Crippen LogP contribution in [-0.2, 0) is 0 Å². The normalized spacial score (nSPS) is 9.54. The zero-order valence-corrected chi connectivity index (χ0v) is 15.0. The zero-order chi connectivity index (χ0) is 20.9. The smallest absolute Gasteiger partial charge is 0.000000000179 e. The third kappa shape index (κ3) is 7.50. The van der Waals surface area contributed by atoms with Crippen LogP contribution in [0.25, 0.3) is 0 Å². The molecule has 0 bridgehead atoms. The van der Waals surface area contributed by atoms with Crippen LogP contribution in [0.1, 0.15) is 0 Å². The maximum atomic E-state index is 6.02. The molecule has 0 rings (SSSR count). The molecule has 0 aromatic heterocycles. The Balaban J connectivity index is 6.53. The van der Waals surface area contributed by atoms with Gasteiger partial charge in [0.2, 0.25) is 0 Å². The molecule has 0 amide bonds. The molecular weight excluding hydrogens is 281 g/mol. The van der Waals surface area contributed by atoms with E-state index in [0.717, 1.165) is 0 Å². The van der Waals surface area contributed by atoms with E-state index in [4.69, 9.17) is 108 Å². The van der Waals surface area contributed by atoms with Gasteiger partial charge < -0.3 is 43.7 Å². The highest BCUT2D eigenvalue weighted by atomic mass is 13.3. The average Bonchev–Trinajstić information content (AvgIpc) is 2.40. The van der Waals surface area contributed by atoms with Crippen LogP contribution in [0.2, 0.25) is 0 Å². The highest BCUT2D eigenvalue weighted by Crippen LogP contribution is 2.11. The Bertz CT molecular complexity index is 314. The Morgan fingerprint density at radius 2 is 0.538 bits per heavy atom. The summed E-state index contributed by atoms with van der Waals surface area (Å²) in [4.78, 5) is 0. The molecule has 0 aliphatic rings. The van der Waals surface area contributed by atoms with Gasteiger partial charge in [-0.1, -0.05) is 0 Å². The molecule has 26 heteroatoms. The van der Waals surface area contributed by atoms with Gasteiger partial charge in [-0.25, -0.2) is 0 Å². The van der Waals surface area contributed by atoms with Gasteiger partial charge in [-0.15, -0.1) is 6.39 Å². The largest absolute Gasteiger partial charge is 0.729 e. The lowest BCUT2D eigenvalue weighted by Gasteiger charge is -2.64. The minimum Gasteiger partial charge on any atom is -0.729 e. The summed E-state index contributed by atoms with van der Waals surface area (Å²) < 4.78 is 0. The molecule has 0 nitrogen and oxygen atoms in total. The van der Waals surface area contributed by atoms with Gasteiger partial charge in [-0.05, 0) is 135 Å². The summed E-state index contributed by atoms with van der Waals surface area (Å²) in [6.07, 6.45) is -10.9. The van der Waals surface area contributed by atoms with Crippen LogP contribution < -0.4 is 0 Å². The van der Waals surface area contributed by atoms with Gasteiger partial charge in [0.05, 0.1) is 0 Å². The molecule has 0 unspecified atom stereocenters. The summed E-state index contributed by atoms with van der Waals surface area (Å²) in [6, 6.07) is 0. The Morgan fingerprint density at radius 1 is 0.308 bits per heavy atom. The van der Waals surface area contributed by atoms with E-state index in [9.17, 15) is 0 Å². The van der Waals surface area contributed by atoms with E-state index in [0.29, 0.717) is 0 Å². The molecular formula is B26-4. The van der Waals surface area contributed by atoms with Crippen molar-refractivity contribution in [1.29, 1.82) is 0 Å².